The number of nitro groups is 1. The van der Waals surface area contributed by atoms with Gasteiger partial charge >= 0.3 is 0 Å². The first-order chi connectivity index (χ1) is 17.4. The number of Topliss-reactive ketones (excluding diaryl/α,β-unsaturated/α-hetero) is 1. The van der Waals surface area contributed by atoms with Crippen LogP contribution in [0.3, 0.4) is 0 Å². The molecule has 0 amide bonds. The van der Waals surface area contributed by atoms with Gasteiger partial charge in [-0.2, -0.15) is 0 Å². The number of rotatable bonds is 7. The molecular formula is C28H24N2O6. The fourth-order valence-electron chi connectivity index (χ4n) is 4.35. The minimum atomic E-state index is -0.439. The van der Waals surface area contributed by atoms with E-state index in [9.17, 15) is 14.9 Å². The van der Waals surface area contributed by atoms with Crippen LogP contribution in [0.2, 0.25) is 0 Å². The Morgan fingerprint density at radius 2 is 1.89 bits per heavy atom. The van der Waals surface area contributed by atoms with Gasteiger partial charge in [-0.15, -0.1) is 0 Å². The highest BCUT2D eigenvalue weighted by Gasteiger charge is 2.30. The van der Waals surface area contributed by atoms with Crippen molar-refractivity contribution < 1.29 is 23.9 Å². The molecule has 0 bridgehead atoms. The SMILES string of the molecule is CCn1cc(/C=C2\Oc3c(ccc(OCc4ccc([N+](=O)[O-])cc4)c3C)C2=O)c2cc(OC)ccc21. The Balaban J connectivity index is 1.41. The number of methoxy groups -OCH3 is 1. The van der Waals surface area contributed by atoms with E-state index >= 15 is 0 Å². The molecule has 0 atom stereocenters. The molecule has 0 saturated heterocycles. The summed E-state index contributed by atoms with van der Waals surface area (Å²) in [4.78, 5) is 23.6. The quantitative estimate of drug-likeness (QED) is 0.179. The van der Waals surface area contributed by atoms with E-state index in [4.69, 9.17) is 14.2 Å². The lowest BCUT2D eigenvalue weighted by atomic mass is 10.1. The Hall–Kier alpha value is -4.59. The van der Waals surface area contributed by atoms with E-state index in [1.54, 1.807) is 37.5 Å². The van der Waals surface area contributed by atoms with Crippen molar-refractivity contribution in [2.45, 2.75) is 27.0 Å². The molecule has 36 heavy (non-hydrogen) atoms. The van der Waals surface area contributed by atoms with E-state index in [1.807, 2.05) is 31.3 Å². The molecule has 1 aliphatic heterocycles. The number of ether oxygens (including phenoxy) is 3. The summed E-state index contributed by atoms with van der Waals surface area (Å²) >= 11 is 0. The molecule has 5 rings (SSSR count). The van der Waals surface area contributed by atoms with E-state index in [0.717, 1.165) is 34.3 Å². The molecule has 1 aromatic heterocycles. The third-order valence-electron chi connectivity index (χ3n) is 6.32. The minimum Gasteiger partial charge on any atom is -0.497 e. The molecule has 0 unspecified atom stereocenters. The molecule has 8 nitrogen and oxygen atoms in total. The van der Waals surface area contributed by atoms with E-state index in [2.05, 4.69) is 11.5 Å². The number of ketones is 1. The van der Waals surface area contributed by atoms with Gasteiger partial charge in [0.2, 0.25) is 5.78 Å². The summed E-state index contributed by atoms with van der Waals surface area (Å²) in [6.45, 7) is 4.92. The molecule has 0 spiro atoms. The first-order valence-electron chi connectivity index (χ1n) is 11.5. The van der Waals surface area contributed by atoms with Crippen LogP contribution in [0.15, 0.2) is 66.6 Å². The molecule has 8 heteroatoms. The molecule has 182 valence electrons. The second kappa shape index (κ2) is 9.22. The predicted molar refractivity (Wildman–Crippen MR) is 136 cm³/mol. The van der Waals surface area contributed by atoms with Gasteiger partial charge in [-0.1, -0.05) is 0 Å². The molecule has 0 saturated carbocycles. The highest BCUT2D eigenvalue weighted by Crippen LogP contribution is 2.40. The lowest BCUT2D eigenvalue weighted by molar-refractivity contribution is -0.384. The summed E-state index contributed by atoms with van der Waals surface area (Å²) in [5, 5.41) is 11.8. The van der Waals surface area contributed by atoms with Crippen LogP contribution in [0.5, 0.6) is 17.2 Å². The molecule has 0 aliphatic carbocycles. The number of hydrogen-bond acceptors (Lipinski definition) is 6. The van der Waals surface area contributed by atoms with Gasteiger partial charge in [0.15, 0.2) is 5.76 Å². The zero-order chi connectivity index (χ0) is 25.4. The Bertz CT molecular complexity index is 1530. The predicted octanol–water partition coefficient (Wildman–Crippen LogP) is 6.08. The van der Waals surface area contributed by atoms with Crippen molar-refractivity contribution in [3.63, 3.8) is 0 Å². The number of allylic oxidation sites excluding steroid dienone is 1. The molecule has 0 fully saturated rings. The van der Waals surface area contributed by atoms with Gasteiger partial charge in [-0.3, -0.25) is 14.9 Å². The molecule has 2 heterocycles. The Kier molecular flexibility index (Phi) is 5.93. The van der Waals surface area contributed by atoms with Crippen molar-refractivity contribution >= 4 is 28.4 Å². The van der Waals surface area contributed by atoms with E-state index in [0.29, 0.717) is 22.6 Å². The lowest BCUT2D eigenvalue weighted by Crippen LogP contribution is -1.99. The van der Waals surface area contributed by atoms with Gasteiger partial charge in [0, 0.05) is 46.9 Å². The number of nitrogens with zero attached hydrogens (tertiary/aromatic N) is 2. The van der Waals surface area contributed by atoms with E-state index in [-0.39, 0.29) is 23.8 Å². The highest BCUT2D eigenvalue weighted by molar-refractivity contribution is 6.15. The van der Waals surface area contributed by atoms with Crippen LogP contribution >= 0.6 is 0 Å². The standard InChI is InChI=1S/C28H24N2O6/c1-4-29-15-19(23-14-21(34-3)9-11-24(23)29)13-26-27(31)22-10-12-25(17(2)28(22)36-26)35-16-18-5-7-20(8-6-18)30(32)33/h5-15H,4,16H2,1-3H3/b26-13-. The zero-order valence-corrected chi connectivity index (χ0v) is 20.1. The number of non-ortho nitro benzene ring substituents is 1. The van der Waals surface area contributed by atoms with Crippen LogP contribution in [-0.4, -0.2) is 22.4 Å². The maximum Gasteiger partial charge on any atom is 0.269 e. The van der Waals surface area contributed by atoms with Gasteiger partial charge in [0.1, 0.15) is 23.9 Å². The van der Waals surface area contributed by atoms with Crippen LogP contribution in [0.25, 0.3) is 17.0 Å². The van der Waals surface area contributed by atoms with Gasteiger partial charge in [-0.25, -0.2) is 0 Å². The minimum absolute atomic E-state index is 0.0270. The van der Waals surface area contributed by atoms with Gasteiger partial charge < -0.3 is 18.8 Å². The van der Waals surface area contributed by atoms with Crippen molar-refractivity contribution in [1.29, 1.82) is 0 Å². The van der Waals surface area contributed by atoms with Gasteiger partial charge in [0.25, 0.3) is 5.69 Å². The molecule has 4 aromatic rings. The fraction of sp³-hybridized carbons (Fsp3) is 0.179. The third-order valence-corrected chi connectivity index (χ3v) is 6.32. The number of aryl methyl sites for hydroxylation is 1. The Labute approximate surface area is 207 Å². The summed E-state index contributed by atoms with van der Waals surface area (Å²) in [5.74, 6) is 1.86. The number of carbonyl (C=O) groups excluding carboxylic acids is 1. The molecule has 0 radical (unpaired) electrons. The number of fused-ring (bicyclic) bond motifs is 2. The normalized spacial score (nSPS) is 13.6. The summed E-state index contributed by atoms with van der Waals surface area (Å²) in [7, 11) is 1.63. The zero-order valence-electron chi connectivity index (χ0n) is 20.1. The number of carbonyl (C=O) groups is 1. The number of benzene rings is 3. The van der Waals surface area contributed by atoms with Crippen LogP contribution in [0.1, 0.15) is 34.0 Å². The van der Waals surface area contributed by atoms with Gasteiger partial charge in [0.05, 0.1) is 17.6 Å². The first kappa shape index (κ1) is 23.2. The van der Waals surface area contributed by atoms with Crippen LogP contribution in [0, 0.1) is 17.0 Å². The molecule has 3 aromatic carbocycles. The number of aromatic nitrogens is 1. The third kappa shape index (κ3) is 4.07. The summed E-state index contributed by atoms with van der Waals surface area (Å²) in [6.07, 6.45) is 3.77. The fourth-order valence-corrected chi connectivity index (χ4v) is 4.35. The average molecular weight is 485 g/mol. The summed E-state index contributed by atoms with van der Waals surface area (Å²) < 4.78 is 19.5. The average Bonchev–Trinajstić information content (AvgIpc) is 3.41. The molecule has 0 N–H and O–H groups in total. The Morgan fingerprint density at radius 3 is 2.58 bits per heavy atom. The highest BCUT2D eigenvalue weighted by atomic mass is 16.6. The van der Waals surface area contributed by atoms with Crippen LogP contribution in [0.4, 0.5) is 5.69 Å². The maximum atomic E-state index is 13.1. The van der Waals surface area contributed by atoms with E-state index < -0.39 is 4.92 Å². The molecule has 1 aliphatic rings. The Morgan fingerprint density at radius 1 is 1.11 bits per heavy atom. The first-order valence-corrected chi connectivity index (χ1v) is 11.5. The van der Waals surface area contributed by atoms with Gasteiger partial charge in [-0.05, 0) is 68.0 Å². The largest absolute Gasteiger partial charge is 0.497 e. The molecular weight excluding hydrogens is 460 g/mol. The summed E-state index contributed by atoms with van der Waals surface area (Å²) in [5.41, 5.74) is 3.93. The number of hydrogen-bond donors (Lipinski definition) is 0. The number of nitro benzene ring substituents is 1. The van der Waals surface area contributed by atoms with Crippen molar-refractivity contribution in [2.24, 2.45) is 0 Å². The van der Waals surface area contributed by atoms with Crippen molar-refractivity contribution in [3.8, 4) is 17.2 Å². The lowest BCUT2D eigenvalue weighted by Gasteiger charge is -2.11. The monoisotopic (exact) mass is 484 g/mol. The van der Waals surface area contributed by atoms with Crippen molar-refractivity contribution in [1.82, 2.24) is 4.57 Å². The second-order valence-corrected chi connectivity index (χ2v) is 8.47. The van der Waals surface area contributed by atoms with Crippen molar-refractivity contribution in [3.05, 3.63) is 98.9 Å². The van der Waals surface area contributed by atoms with E-state index in [1.165, 1.54) is 12.1 Å². The maximum absolute atomic E-state index is 13.1. The topological polar surface area (TPSA) is 92.8 Å². The van der Waals surface area contributed by atoms with Crippen LogP contribution < -0.4 is 14.2 Å². The smallest absolute Gasteiger partial charge is 0.269 e. The second-order valence-electron chi connectivity index (χ2n) is 8.47. The van der Waals surface area contributed by atoms with Crippen LogP contribution in [-0.2, 0) is 13.2 Å². The van der Waals surface area contributed by atoms with Crippen molar-refractivity contribution in [2.75, 3.05) is 7.11 Å². The summed E-state index contributed by atoms with van der Waals surface area (Å²) in [6, 6.07) is 15.5.